The van der Waals surface area contributed by atoms with E-state index in [0.717, 1.165) is 37.2 Å². The van der Waals surface area contributed by atoms with Crippen LogP contribution in [0.25, 0.3) is 0 Å². The third-order valence-corrected chi connectivity index (χ3v) is 5.85. The van der Waals surface area contributed by atoms with Gasteiger partial charge in [0.25, 0.3) is 0 Å². The van der Waals surface area contributed by atoms with Crippen molar-refractivity contribution < 1.29 is 4.74 Å². The van der Waals surface area contributed by atoms with Crippen LogP contribution in [0.15, 0.2) is 11.2 Å². The van der Waals surface area contributed by atoms with E-state index in [-0.39, 0.29) is 0 Å². The number of nitrogens with zero attached hydrogens (tertiary/aromatic N) is 5. The predicted molar refractivity (Wildman–Crippen MR) is 94.2 cm³/mol. The molecule has 4 heterocycles. The fraction of sp³-hybridized carbons (Fsp3) is 0.765. The Morgan fingerprint density at radius 1 is 1.33 bits per heavy atom. The van der Waals surface area contributed by atoms with Gasteiger partial charge in [0.05, 0.1) is 30.6 Å². The third kappa shape index (κ3) is 2.46. The highest BCUT2D eigenvalue weighted by Gasteiger charge is 2.53. The first-order chi connectivity index (χ1) is 11.6. The average molecular weight is 332 g/mol. The first-order valence-electron chi connectivity index (χ1n) is 8.87. The molecule has 0 amide bonds. The Hall–Kier alpha value is -1.76. The first-order valence-corrected chi connectivity index (χ1v) is 8.87. The summed E-state index contributed by atoms with van der Waals surface area (Å²) in [7, 11) is 7.95. The number of hydrogen-bond acceptors (Lipinski definition) is 4. The van der Waals surface area contributed by atoms with Crippen molar-refractivity contribution in [1.29, 1.82) is 0 Å². The molecule has 3 fully saturated rings. The minimum absolute atomic E-state index is 0.489. The average Bonchev–Trinajstić information content (AvgIpc) is 3.28. The fourth-order valence-corrected chi connectivity index (χ4v) is 4.65. The van der Waals surface area contributed by atoms with E-state index in [1.807, 2.05) is 32.2 Å². The Labute approximate surface area is 143 Å². The smallest absolute Gasteiger partial charge is 0.204 e. The van der Waals surface area contributed by atoms with Crippen LogP contribution in [-0.2, 0) is 18.3 Å². The van der Waals surface area contributed by atoms with Crippen LogP contribution in [-0.4, -0.2) is 66.9 Å². The number of nitrogens with one attached hydrogen (secondary N) is 1. The molecular weight excluding hydrogens is 304 g/mol. The maximum absolute atomic E-state index is 6.07. The molecule has 1 N–H and O–H groups in total. The van der Waals surface area contributed by atoms with Crippen molar-refractivity contribution in [3.8, 4) is 0 Å². The van der Waals surface area contributed by atoms with E-state index in [2.05, 4.69) is 31.8 Å². The molecule has 3 aliphatic heterocycles. The number of aromatic nitrogens is 2. The summed E-state index contributed by atoms with van der Waals surface area (Å²) in [5, 5.41) is 3.52. The number of fused-ring (bicyclic) bond motifs is 5. The van der Waals surface area contributed by atoms with E-state index >= 15 is 0 Å². The largest absolute Gasteiger partial charge is 0.374 e. The summed E-state index contributed by atoms with van der Waals surface area (Å²) in [6.45, 7) is 2.87. The first kappa shape index (κ1) is 15.7. The summed E-state index contributed by atoms with van der Waals surface area (Å²) in [5.74, 6) is 3.35. The van der Waals surface area contributed by atoms with Crippen LogP contribution in [0.1, 0.15) is 18.5 Å². The third-order valence-electron chi connectivity index (χ3n) is 5.85. The molecule has 1 aromatic rings. The molecule has 1 aromatic heterocycles. The second-order valence-corrected chi connectivity index (χ2v) is 7.43. The molecule has 0 saturated carbocycles. The van der Waals surface area contributed by atoms with Crippen LogP contribution in [0.5, 0.6) is 0 Å². The number of aliphatic imine (C=N–C) groups is 1. The van der Waals surface area contributed by atoms with Crippen molar-refractivity contribution in [2.75, 3.05) is 39.1 Å². The molecule has 4 atom stereocenters. The topological polar surface area (TPSA) is 57.9 Å². The van der Waals surface area contributed by atoms with Crippen LogP contribution in [0.3, 0.4) is 0 Å². The summed E-state index contributed by atoms with van der Waals surface area (Å²) in [6.07, 6.45) is 5.40. The summed E-state index contributed by atoms with van der Waals surface area (Å²) in [5.41, 5.74) is 1.16. The van der Waals surface area contributed by atoms with Crippen LogP contribution in [0.4, 0.5) is 5.95 Å². The van der Waals surface area contributed by atoms with Gasteiger partial charge in [0.2, 0.25) is 5.95 Å². The quantitative estimate of drug-likeness (QED) is 0.651. The van der Waals surface area contributed by atoms with Crippen LogP contribution < -0.4 is 10.2 Å². The van der Waals surface area contributed by atoms with Crippen LogP contribution in [0, 0.1) is 11.8 Å². The molecule has 7 heteroatoms. The molecular formula is C17H28N6O. The Morgan fingerprint density at radius 2 is 2.00 bits per heavy atom. The molecule has 7 nitrogen and oxygen atoms in total. The van der Waals surface area contributed by atoms with Gasteiger partial charge in [-0.05, 0) is 12.8 Å². The molecule has 0 spiro atoms. The van der Waals surface area contributed by atoms with E-state index < -0.39 is 0 Å². The van der Waals surface area contributed by atoms with Gasteiger partial charge in [-0.1, -0.05) is 0 Å². The van der Waals surface area contributed by atoms with Gasteiger partial charge in [0, 0.05) is 53.1 Å². The van der Waals surface area contributed by atoms with Crippen molar-refractivity contribution in [2.45, 2.75) is 31.6 Å². The highest BCUT2D eigenvalue weighted by Crippen LogP contribution is 2.47. The SMILES string of the molecule is CN=C(NCc1cnc(N(C)C)n1C)N1CC2C3CCC(O3)C2C1. The number of ether oxygens (including phenoxy) is 1. The molecule has 0 aromatic carbocycles. The summed E-state index contributed by atoms with van der Waals surface area (Å²) >= 11 is 0. The Balaban J connectivity index is 1.39. The van der Waals surface area contributed by atoms with Crippen molar-refractivity contribution in [3.05, 3.63) is 11.9 Å². The molecule has 4 rings (SSSR count). The van der Waals surface area contributed by atoms with Gasteiger partial charge in [-0.3, -0.25) is 4.99 Å². The molecule has 3 saturated heterocycles. The Kier molecular flexibility index (Phi) is 3.90. The van der Waals surface area contributed by atoms with E-state index in [1.54, 1.807) is 0 Å². The van der Waals surface area contributed by atoms with Crippen molar-refractivity contribution in [3.63, 3.8) is 0 Å². The summed E-state index contributed by atoms with van der Waals surface area (Å²) in [6, 6.07) is 0. The predicted octanol–water partition coefficient (Wildman–Crippen LogP) is 0.671. The lowest BCUT2D eigenvalue weighted by Gasteiger charge is -2.23. The molecule has 2 bridgehead atoms. The van der Waals surface area contributed by atoms with E-state index in [4.69, 9.17) is 4.74 Å². The number of guanidine groups is 1. The van der Waals surface area contributed by atoms with Crippen LogP contribution in [0.2, 0.25) is 0 Å². The molecule has 0 radical (unpaired) electrons. The molecule has 132 valence electrons. The second kappa shape index (κ2) is 5.95. The minimum Gasteiger partial charge on any atom is -0.374 e. The zero-order chi connectivity index (χ0) is 16.8. The van der Waals surface area contributed by atoms with Crippen LogP contribution >= 0.6 is 0 Å². The molecule has 0 aliphatic carbocycles. The molecule has 24 heavy (non-hydrogen) atoms. The Bertz CT molecular complexity index is 621. The minimum atomic E-state index is 0.489. The van der Waals surface area contributed by atoms with Gasteiger partial charge in [-0.2, -0.15) is 0 Å². The monoisotopic (exact) mass is 332 g/mol. The number of hydrogen-bond donors (Lipinski definition) is 1. The van der Waals surface area contributed by atoms with Crippen molar-refractivity contribution >= 4 is 11.9 Å². The number of likely N-dealkylation sites (tertiary alicyclic amines) is 1. The number of imidazole rings is 1. The number of rotatable bonds is 3. The van der Waals surface area contributed by atoms with Gasteiger partial charge >= 0.3 is 0 Å². The van der Waals surface area contributed by atoms with Gasteiger partial charge < -0.3 is 24.4 Å². The summed E-state index contributed by atoms with van der Waals surface area (Å²) in [4.78, 5) is 13.4. The van der Waals surface area contributed by atoms with Crippen molar-refractivity contribution in [2.24, 2.45) is 23.9 Å². The summed E-state index contributed by atoms with van der Waals surface area (Å²) < 4.78 is 8.19. The van der Waals surface area contributed by atoms with E-state index in [1.165, 1.54) is 12.8 Å². The normalized spacial score (nSPS) is 31.7. The van der Waals surface area contributed by atoms with Gasteiger partial charge in [0.1, 0.15) is 0 Å². The van der Waals surface area contributed by atoms with Gasteiger partial charge in [-0.25, -0.2) is 4.98 Å². The van der Waals surface area contributed by atoms with Crippen molar-refractivity contribution in [1.82, 2.24) is 19.8 Å². The maximum atomic E-state index is 6.07. The zero-order valence-corrected chi connectivity index (χ0v) is 15.1. The lowest BCUT2D eigenvalue weighted by Crippen LogP contribution is -2.41. The second-order valence-electron chi connectivity index (χ2n) is 7.43. The molecule has 4 unspecified atom stereocenters. The highest BCUT2D eigenvalue weighted by atomic mass is 16.5. The van der Waals surface area contributed by atoms with E-state index in [0.29, 0.717) is 24.0 Å². The molecule has 3 aliphatic rings. The maximum Gasteiger partial charge on any atom is 0.204 e. The Morgan fingerprint density at radius 3 is 2.54 bits per heavy atom. The van der Waals surface area contributed by atoms with Gasteiger partial charge in [0.15, 0.2) is 5.96 Å². The lowest BCUT2D eigenvalue weighted by atomic mass is 9.82. The lowest BCUT2D eigenvalue weighted by molar-refractivity contribution is 0.0767. The standard InChI is InChI=1S/C17H28N6O/c1-18-16(19-7-11-8-20-17(21(2)3)22(11)4)23-9-12-13(10-23)15-6-5-14(12)24-15/h8,12-15H,5-7,9-10H2,1-4H3,(H,18,19). The zero-order valence-electron chi connectivity index (χ0n) is 15.1. The highest BCUT2D eigenvalue weighted by molar-refractivity contribution is 5.80. The number of anilines is 1. The van der Waals surface area contributed by atoms with Gasteiger partial charge in [-0.15, -0.1) is 0 Å². The van der Waals surface area contributed by atoms with E-state index in [9.17, 15) is 0 Å². The fourth-order valence-electron chi connectivity index (χ4n) is 4.65.